The van der Waals surface area contributed by atoms with E-state index in [1.807, 2.05) is 0 Å². The number of allylic oxidation sites excluding steroid dienone is 1. The Morgan fingerprint density at radius 1 is 1.05 bits per heavy atom. The van der Waals surface area contributed by atoms with Crippen LogP contribution in [0.2, 0.25) is 0 Å². The van der Waals surface area contributed by atoms with Gasteiger partial charge in [0.1, 0.15) is 36.3 Å². The summed E-state index contributed by atoms with van der Waals surface area (Å²) < 4.78 is 62.1. The predicted molar refractivity (Wildman–Crippen MR) is 206 cm³/mol. The third-order valence-electron chi connectivity index (χ3n) is 8.24. The number of ether oxygens (including phenoxy) is 1. The molecular weight excluding hydrogens is 871 g/mol. The molecule has 2 aromatic heterocycles. The molecule has 8 atom stereocenters. The Morgan fingerprint density at radius 2 is 1.75 bits per heavy atom. The van der Waals surface area contributed by atoms with Crippen molar-refractivity contribution in [2.24, 2.45) is 5.41 Å². The van der Waals surface area contributed by atoms with E-state index in [1.165, 1.54) is 19.9 Å². The molecule has 11 N–H and O–H groups in total. The number of nitrogens with two attached hydrogens (primary N) is 1. The number of hydrogen-bond donors (Lipinski definition) is 10. The number of aliphatic hydroxyl groups excluding tert-OH is 3. The SMILES string of the molecule is C[C@@H](O)CCCC/C=C/C(=O)SCCNC(=O)CCNC(=O)[C@H](O)C(C)(C)COP(=O)(O)OP(=O)(O)OC[C@H]1O[C@@H](n2cnc3c(N)ncnc32)[C@H](O)[C@@H]1OP(=O)(O)O. The van der Waals surface area contributed by atoms with E-state index in [0.29, 0.717) is 18.6 Å². The van der Waals surface area contributed by atoms with E-state index in [2.05, 4.69) is 34.4 Å². The van der Waals surface area contributed by atoms with Crippen LogP contribution in [0.1, 0.15) is 59.1 Å². The molecule has 334 valence electrons. The van der Waals surface area contributed by atoms with Gasteiger partial charge in [-0.05, 0) is 32.3 Å². The Morgan fingerprint density at radius 3 is 2.42 bits per heavy atom. The lowest BCUT2D eigenvalue weighted by molar-refractivity contribution is -0.137. The quantitative estimate of drug-likeness (QED) is 0.0360. The molecule has 1 aliphatic heterocycles. The highest BCUT2D eigenvalue weighted by Crippen LogP contribution is 2.61. The average molecular weight is 922 g/mol. The molecule has 1 aliphatic rings. The Labute approximate surface area is 341 Å². The molecular formula is C30H50N7O18P3S. The van der Waals surface area contributed by atoms with E-state index in [1.54, 1.807) is 13.0 Å². The molecule has 3 heterocycles. The van der Waals surface area contributed by atoms with E-state index < -0.39 is 84.6 Å². The van der Waals surface area contributed by atoms with Crippen molar-refractivity contribution in [1.29, 1.82) is 0 Å². The summed E-state index contributed by atoms with van der Waals surface area (Å²) in [6.45, 7) is 2.14. The number of carbonyl (C=O) groups excluding carboxylic acids is 3. The summed E-state index contributed by atoms with van der Waals surface area (Å²) in [5, 5.41) is 35.5. The van der Waals surface area contributed by atoms with Gasteiger partial charge in [0, 0.05) is 30.7 Å². The Bertz CT molecular complexity index is 1920. The van der Waals surface area contributed by atoms with Crippen LogP contribution in [0.25, 0.3) is 11.2 Å². The zero-order valence-corrected chi connectivity index (χ0v) is 35.6. The van der Waals surface area contributed by atoms with Crippen molar-refractivity contribution in [3.05, 3.63) is 24.8 Å². The van der Waals surface area contributed by atoms with Gasteiger partial charge in [0.05, 0.1) is 25.6 Å². The third-order valence-corrected chi connectivity index (χ3v) is 12.2. The van der Waals surface area contributed by atoms with Crippen LogP contribution >= 0.6 is 35.2 Å². The van der Waals surface area contributed by atoms with Gasteiger partial charge in [0.15, 0.2) is 17.7 Å². The molecule has 3 rings (SSSR count). The maximum atomic E-state index is 12.7. The summed E-state index contributed by atoms with van der Waals surface area (Å²) in [6.07, 6.45) is -1.01. The summed E-state index contributed by atoms with van der Waals surface area (Å²) in [7, 11) is -16.4. The minimum atomic E-state index is -5.58. The zero-order chi connectivity index (χ0) is 44.2. The van der Waals surface area contributed by atoms with Crippen LogP contribution in [0.4, 0.5) is 5.82 Å². The van der Waals surface area contributed by atoms with Crippen molar-refractivity contribution in [3.8, 4) is 0 Å². The van der Waals surface area contributed by atoms with Crippen molar-refractivity contribution >= 4 is 69.1 Å². The van der Waals surface area contributed by atoms with Gasteiger partial charge in [-0.2, -0.15) is 4.31 Å². The van der Waals surface area contributed by atoms with Crippen molar-refractivity contribution in [1.82, 2.24) is 30.2 Å². The first-order valence-corrected chi connectivity index (χ1v) is 23.3. The molecule has 1 fully saturated rings. The van der Waals surface area contributed by atoms with E-state index in [9.17, 15) is 63.0 Å². The second-order valence-corrected chi connectivity index (χ2v) is 19.1. The number of rotatable bonds is 25. The summed E-state index contributed by atoms with van der Waals surface area (Å²) in [5.74, 6) is -1.18. The van der Waals surface area contributed by atoms with Crippen LogP contribution in [0.5, 0.6) is 0 Å². The standard InChI is InChI=1S/C30H50N7O18P3S/c1-18(38)8-6-4-5-7-9-21(40)59-13-12-32-20(39)10-11-33-28(43)25(42)30(2,3)15-52-58(49,50)55-57(47,48)51-14-19-24(54-56(44,45)46)23(41)29(53-19)37-17-36-22-26(31)34-16-35-27(22)37/h7,9,16-19,23-25,29,38,41-42H,4-6,8,10-15H2,1-3H3,(H,32,39)(H,33,43)(H,47,48)(H,49,50)(H2,31,34,35)(H2,44,45,46)/b9-7+/t18-,19-,23-,24-,25+,29-/m1/s1. The molecule has 2 aromatic rings. The first kappa shape index (κ1) is 50.6. The van der Waals surface area contributed by atoms with Gasteiger partial charge in [-0.1, -0.05) is 38.1 Å². The average Bonchev–Trinajstić information content (AvgIpc) is 3.69. The summed E-state index contributed by atoms with van der Waals surface area (Å²) in [6, 6.07) is 0. The Hall–Kier alpha value is -2.74. The third kappa shape index (κ3) is 16.9. The minimum absolute atomic E-state index is 0.0271. The van der Waals surface area contributed by atoms with Crippen molar-refractivity contribution in [3.63, 3.8) is 0 Å². The lowest BCUT2D eigenvalue weighted by Gasteiger charge is -2.30. The van der Waals surface area contributed by atoms with Crippen LogP contribution in [-0.2, 0) is 50.7 Å². The first-order chi connectivity index (χ1) is 27.4. The van der Waals surface area contributed by atoms with Gasteiger partial charge in [0.2, 0.25) is 16.9 Å². The maximum absolute atomic E-state index is 12.7. The fourth-order valence-corrected chi connectivity index (χ4v) is 8.64. The molecule has 59 heavy (non-hydrogen) atoms. The van der Waals surface area contributed by atoms with E-state index in [0.717, 1.165) is 41.8 Å². The number of unbranched alkanes of at least 4 members (excludes halogenated alkanes) is 2. The van der Waals surface area contributed by atoms with Crippen LogP contribution in [0.15, 0.2) is 24.8 Å². The number of aliphatic hydroxyl groups is 3. The van der Waals surface area contributed by atoms with E-state index >= 15 is 0 Å². The molecule has 0 aromatic carbocycles. The summed E-state index contributed by atoms with van der Waals surface area (Å²) in [5.41, 5.74) is 4.25. The molecule has 29 heteroatoms. The number of nitrogens with zero attached hydrogens (tertiary/aromatic N) is 4. The smallest absolute Gasteiger partial charge is 0.393 e. The number of amides is 2. The van der Waals surface area contributed by atoms with Gasteiger partial charge in [0.25, 0.3) is 0 Å². The van der Waals surface area contributed by atoms with Crippen molar-refractivity contribution in [2.75, 3.05) is 37.8 Å². The van der Waals surface area contributed by atoms with Crippen LogP contribution in [0, 0.1) is 5.41 Å². The fraction of sp³-hybridized carbons (Fsp3) is 0.667. The first-order valence-electron chi connectivity index (χ1n) is 17.8. The number of aromatic nitrogens is 4. The van der Waals surface area contributed by atoms with Gasteiger partial charge >= 0.3 is 23.5 Å². The lowest BCUT2D eigenvalue weighted by Crippen LogP contribution is -2.46. The number of nitrogens with one attached hydrogen (secondary N) is 2. The molecule has 0 radical (unpaired) electrons. The topological polar surface area (TPSA) is 384 Å². The van der Waals surface area contributed by atoms with Crippen molar-refractivity contribution < 1.29 is 85.6 Å². The zero-order valence-electron chi connectivity index (χ0n) is 32.1. The van der Waals surface area contributed by atoms with Crippen molar-refractivity contribution in [2.45, 2.75) is 89.6 Å². The number of phosphoric ester groups is 3. The number of thioether (sulfide) groups is 1. The number of hydrogen-bond acceptors (Lipinski definition) is 19. The normalized spacial score (nSPS) is 21.9. The summed E-state index contributed by atoms with van der Waals surface area (Å²) >= 11 is 1.01. The monoisotopic (exact) mass is 921 g/mol. The predicted octanol–water partition coefficient (Wildman–Crippen LogP) is 0.162. The molecule has 1 saturated heterocycles. The van der Waals surface area contributed by atoms with Gasteiger partial charge < -0.3 is 56.0 Å². The highest BCUT2D eigenvalue weighted by atomic mass is 32.2. The largest absolute Gasteiger partial charge is 0.481 e. The number of imidazole rings is 1. The molecule has 25 nitrogen and oxygen atoms in total. The van der Waals surface area contributed by atoms with Gasteiger partial charge in [-0.3, -0.25) is 32.5 Å². The second kappa shape index (κ2) is 22.4. The molecule has 0 aliphatic carbocycles. The van der Waals surface area contributed by atoms with Gasteiger partial charge in [-0.25, -0.2) is 28.6 Å². The van der Waals surface area contributed by atoms with E-state index in [-0.39, 0.29) is 47.7 Å². The number of anilines is 1. The lowest BCUT2D eigenvalue weighted by atomic mass is 9.87. The highest BCUT2D eigenvalue weighted by Gasteiger charge is 2.50. The van der Waals surface area contributed by atoms with Crippen LogP contribution in [-0.4, -0.2) is 134 Å². The Balaban J connectivity index is 1.43. The van der Waals surface area contributed by atoms with Crippen LogP contribution in [0.3, 0.4) is 0 Å². The fourth-order valence-electron chi connectivity index (χ4n) is 5.21. The number of fused-ring (bicyclic) bond motifs is 1. The number of phosphoric acid groups is 3. The molecule has 2 unspecified atom stereocenters. The van der Waals surface area contributed by atoms with Gasteiger partial charge in [-0.15, -0.1) is 0 Å². The molecule has 0 spiro atoms. The number of nitrogen functional groups attached to an aromatic ring is 1. The van der Waals surface area contributed by atoms with Crippen LogP contribution < -0.4 is 16.4 Å². The molecule has 0 saturated carbocycles. The molecule has 2 amide bonds. The molecule has 0 bridgehead atoms. The van der Waals surface area contributed by atoms with E-state index in [4.69, 9.17) is 19.5 Å². The Kier molecular flexibility index (Phi) is 19.2. The second-order valence-electron chi connectivity index (χ2n) is 13.8. The minimum Gasteiger partial charge on any atom is -0.393 e. The summed E-state index contributed by atoms with van der Waals surface area (Å²) in [4.78, 5) is 87.6. The maximum Gasteiger partial charge on any atom is 0.481 e. The highest BCUT2D eigenvalue weighted by molar-refractivity contribution is 8.14. The number of carbonyl (C=O) groups is 3.